The third-order valence-corrected chi connectivity index (χ3v) is 4.80. The van der Waals surface area contributed by atoms with Crippen molar-refractivity contribution < 1.29 is 23.8 Å². The molecule has 0 heterocycles. The first-order chi connectivity index (χ1) is 15.6. The van der Waals surface area contributed by atoms with Gasteiger partial charge in [0.25, 0.3) is 0 Å². The first-order valence-corrected chi connectivity index (χ1v) is 11.2. The Kier molecular flexibility index (Phi) is 9.57. The Morgan fingerprint density at radius 3 is 2.27 bits per heavy atom. The van der Waals surface area contributed by atoms with Crippen LogP contribution in [0.1, 0.15) is 45.7 Å². The number of benzene rings is 2. The molecular weight excluding hydrogens is 420 g/mol. The van der Waals surface area contributed by atoms with E-state index in [0.717, 1.165) is 11.1 Å². The Labute approximate surface area is 196 Å². The monoisotopic (exact) mass is 456 g/mol. The molecule has 2 N–H and O–H groups in total. The minimum Gasteiger partial charge on any atom is -0.493 e. The number of rotatable bonds is 10. The summed E-state index contributed by atoms with van der Waals surface area (Å²) in [7, 11) is 1.60. The van der Waals surface area contributed by atoms with Crippen LogP contribution in [0.5, 0.6) is 11.5 Å². The van der Waals surface area contributed by atoms with Crippen LogP contribution in [0.15, 0.2) is 48.5 Å². The van der Waals surface area contributed by atoms with E-state index in [2.05, 4.69) is 10.6 Å². The second-order valence-corrected chi connectivity index (χ2v) is 9.17. The number of methoxy groups -OCH3 is 1. The SMILES string of the molecule is COc1cc(CCNC(=O)[C@@H](NC(=O)OC(C)(C)C)C(C)C)ccc1OCc1ccccc1. The maximum atomic E-state index is 12.6. The maximum Gasteiger partial charge on any atom is 0.408 e. The van der Waals surface area contributed by atoms with Crippen LogP contribution in [0.4, 0.5) is 4.79 Å². The van der Waals surface area contributed by atoms with Gasteiger partial charge >= 0.3 is 6.09 Å². The summed E-state index contributed by atoms with van der Waals surface area (Å²) in [4.78, 5) is 24.7. The number of alkyl carbamates (subject to hydrolysis) is 1. The molecule has 0 aliphatic carbocycles. The molecule has 0 aromatic heterocycles. The predicted molar refractivity (Wildman–Crippen MR) is 128 cm³/mol. The molecule has 0 saturated heterocycles. The van der Waals surface area contributed by atoms with E-state index in [1.807, 2.05) is 62.4 Å². The largest absolute Gasteiger partial charge is 0.493 e. The standard InChI is InChI=1S/C26H36N2O5/c1-18(2)23(28-25(30)33-26(3,4)5)24(29)27-15-14-19-12-13-21(22(16-19)31-6)32-17-20-10-8-7-9-11-20/h7-13,16,18,23H,14-15,17H2,1-6H3,(H,27,29)(H,28,30)/t23-/m0/s1. The highest BCUT2D eigenvalue weighted by atomic mass is 16.6. The summed E-state index contributed by atoms with van der Waals surface area (Å²) >= 11 is 0. The van der Waals surface area contributed by atoms with Gasteiger partial charge in [0.05, 0.1) is 7.11 Å². The third kappa shape index (κ3) is 9.04. The summed E-state index contributed by atoms with van der Waals surface area (Å²) in [5.41, 5.74) is 1.45. The molecule has 0 bridgehead atoms. The zero-order valence-electron chi connectivity index (χ0n) is 20.4. The average molecular weight is 457 g/mol. The second-order valence-electron chi connectivity index (χ2n) is 9.17. The Balaban J connectivity index is 1.89. The van der Waals surface area contributed by atoms with Gasteiger partial charge in [0.1, 0.15) is 18.2 Å². The maximum absolute atomic E-state index is 12.6. The molecule has 1 atom stereocenters. The summed E-state index contributed by atoms with van der Waals surface area (Å²) in [5, 5.41) is 5.56. The van der Waals surface area contributed by atoms with Gasteiger partial charge in [-0.25, -0.2) is 4.79 Å². The Morgan fingerprint density at radius 2 is 1.67 bits per heavy atom. The molecule has 0 aliphatic heterocycles. The van der Waals surface area contributed by atoms with Crippen molar-refractivity contribution in [3.63, 3.8) is 0 Å². The van der Waals surface area contributed by atoms with E-state index >= 15 is 0 Å². The lowest BCUT2D eigenvalue weighted by Crippen LogP contribution is -2.51. The van der Waals surface area contributed by atoms with Gasteiger partial charge in [-0.3, -0.25) is 4.79 Å². The minimum atomic E-state index is -0.678. The molecule has 0 aliphatic rings. The molecular formula is C26H36N2O5. The van der Waals surface area contributed by atoms with Gasteiger partial charge in [-0.2, -0.15) is 0 Å². The molecule has 0 unspecified atom stereocenters. The third-order valence-electron chi connectivity index (χ3n) is 4.80. The zero-order valence-corrected chi connectivity index (χ0v) is 20.4. The van der Waals surface area contributed by atoms with Crippen molar-refractivity contribution in [3.05, 3.63) is 59.7 Å². The molecule has 0 spiro atoms. The zero-order chi connectivity index (χ0) is 24.4. The fraction of sp³-hybridized carbons (Fsp3) is 0.462. The summed E-state index contributed by atoms with van der Waals surface area (Å²) in [6.45, 7) is 9.97. The number of carbonyl (C=O) groups excluding carboxylic acids is 2. The van der Waals surface area contributed by atoms with Crippen LogP contribution in [0.3, 0.4) is 0 Å². The predicted octanol–water partition coefficient (Wildman–Crippen LogP) is 4.48. The van der Waals surface area contributed by atoms with Crippen LogP contribution in [0, 0.1) is 5.92 Å². The number of nitrogens with one attached hydrogen (secondary N) is 2. The summed E-state index contributed by atoms with van der Waals surface area (Å²) in [6, 6.07) is 15.0. The van der Waals surface area contributed by atoms with Crippen molar-refractivity contribution in [1.29, 1.82) is 0 Å². The van der Waals surface area contributed by atoms with E-state index in [-0.39, 0.29) is 11.8 Å². The van der Waals surface area contributed by atoms with Crippen LogP contribution >= 0.6 is 0 Å². The molecule has 0 fully saturated rings. The van der Waals surface area contributed by atoms with Crippen LogP contribution in [0.25, 0.3) is 0 Å². The lowest BCUT2D eigenvalue weighted by molar-refractivity contribution is -0.124. The van der Waals surface area contributed by atoms with Crippen molar-refractivity contribution >= 4 is 12.0 Å². The highest BCUT2D eigenvalue weighted by Gasteiger charge is 2.26. The highest BCUT2D eigenvalue weighted by Crippen LogP contribution is 2.29. The summed E-state index contributed by atoms with van der Waals surface area (Å²) in [5.74, 6) is 0.973. The van der Waals surface area contributed by atoms with Crippen LogP contribution in [0.2, 0.25) is 0 Å². The highest BCUT2D eigenvalue weighted by molar-refractivity contribution is 5.85. The minimum absolute atomic E-state index is 0.0846. The van der Waals surface area contributed by atoms with E-state index in [0.29, 0.717) is 31.1 Å². The van der Waals surface area contributed by atoms with Crippen molar-refractivity contribution in [2.24, 2.45) is 5.92 Å². The van der Waals surface area contributed by atoms with Gasteiger partial charge in [0.2, 0.25) is 5.91 Å². The fourth-order valence-electron chi connectivity index (χ4n) is 3.13. The number of hydrogen-bond donors (Lipinski definition) is 2. The van der Waals surface area contributed by atoms with Gasteiger partial charge in [0, 0.05) is 6.54 Å². The van der Waals surface area contributed by atoms with Crippen LogP contribution < -0.4 is 20.1 Å². The number of ether oxygens (including phenoxy) is 3. The molecule has 0 saturated carbocycles. The fourth-order valence-corrected chi connectivity index (χ4v) is 3.13. The van der Waals surface area contributed by atoms with Crippen molar-refractivity contribution in [2.75, 3.05) is 13.7 Å². The molecule has 7 nitrogen and oxygen atoms in total. The van der Waals surface area contributed by atoms with E-state index in [4.69, 9.17) is 14.2 Å². The Hall–Kier alpha value is -3.22. The first-order valence-electron chi connectivity index (χ1n) is 11.2. The number of carbonyl (C=O) groups is 2. The normalized spacial score (nSPS) is 12.1. The second kappa shape index (κ2) is 12.1. The molecule has 2 amide bonds. The molecule has 7 heteroatoms. The first kappa shape index (κ1) is 26.0. The van der Waals surface area contributed by atoms with Crippen molar-refractivity contribution in [1.82, 2.24) is 10.6 Å². The lowest BCUT2D eigenvalue weighted by atomic mass is 10.0. The van der Waals surface area contributed by atoms with Crippen molar-refractivity contribution in [3.8, 4) is 11.5 Å². The Bertz CT molecular complexity index is 907. The van der Waals surface area contributed by atoms with E-state index < -0.39 is 17.7 Å². The van der Waals surface area contributed by atoms with Gasteiger partial charge in [-0.15, -0.1) is 0 Å². The summed E-state index contributed by atoms with van der Waals surface area (Å²) in [6.07, 6.45) is 0.00498. The van der Waals surface area contributed by atoms with Gasteiger partial charge in [0.15, 0.2) is 11.5 Å². The van der Waals surface area contributed by atoms with Crippen LogP contribution in [-0.2, 0) is 22.6 Å². The quantitative estimate of drug-likeness (QED) is 0.550. The molecule has 180 valence electrons. The molecule has 33 heavy (non-hydrogen) atoms. The van der Waals surface area contributed by atoms with Gasteiger partial charge in [-0.1, -0.05) is 50.2 Å². The molecule has 2 rings (SSSR count). The summed E-state index contributed by atoms with van der Waals surface area (Å²) < 4.78 is 16.6. The Morgan fingerprint density at radius 1 is 0.970 bits per heavy atom. The smallest absolute Gasteiger partial charge is 0.408 e. The van der Waals surface area contributed by atoms with Gasteiger partial charge < -0.3 is 24.8 Å². The molecule has 0 radical (unpaired) electrons. The van der Waals surface area contributed by atoms with Crippen LogP contribution in [-0.4, -0.2) is 37.3 Å². The van der Waals surface area contributed by atoms with E-state index in [1.54, 1.807) is 27.9 Å². The van der Waals surface area contributed by atoms with E-state index in [1.165, 1.54) is 0 Å². The van der Waals surface area contributed by atoms with E-state index in [9.17, 15) is 9.59 Å². The van der Waals surface area contributed by atoms with Gasteiger partial charge in [-0.05, 0) is 56.4 Å². The average Bonchev–Trinajstić information content (AvgIpc) is 2.75. The lowest BCUT2D eigenvalue weighted by Gasteiger charge is -2.25. The topological polar surface area (TPSA) is 85.9 Å². The molecule has 2 aromatic rings. The number of amides is 2. The molecule has 2 aromatic carbocycles. The number of hydrogen-bond acceptors (Lipinski definition) is 5. The van der Waals surface area contributed by atoms with Crippen molar-refractivity contribution in [2.45, 2.75) is 59.3 Å².